The lowest BCUT2D eigenvalue weighted by Gasteiger charge is -2.20. The van der Waals surface area contributed by atoms with E-state index in [2.05, 4.69) is 10.6 Å². The van der Waals surface area contributed by atoms with Gasteiger partial charge in [0.2, 0.25) is 5.91 Å². The molecule has 0 saturated carbocycles. The van der Waals surface area contributed by atoms with Crippen LogP contribution in [0.25, 0.3) is 0 Å². The van der Waals surface area contributed by atoms with Gasteiger partial charge in [0.25, 0.3) is 0 Å². The SMILES string of the molecule is O=C(NCc1ccccc1)C1CCCCCCN1. The number of amides is 1. The third kappa shape index (κ3) is 4.15. The van der Waals surface area contributed by atoms with Crippen molar-refractivity contribution in [1.82, 2.24) is 10.6 Å². The van der Waals surface area contributed by atoms with Gasteiger partial charge >= 0.3 is 0 Å². The molecule has 3 heteroatoms. The van der Waals surface area contributed by atoms with Gasteiger partial charge in [-0.3, -0.25) is 4.79 Å². The fraction of sp³-hybridized carbons (Fsp3) is 0.533. The Morgan fingerprint density at radius 3 is 2.78 bits per heavy atom. The summed E-state index contributed by atoms with van der Waals surface area (Å²) >= 11 is 0. The lowest BCUT2D eigenvalue weighted by atomic mass is 10.0. The highest BCUT2D eigenvalue weighted by Crippen LogP contribution is 2.09. The molecule has 1 aliphatic heterocycles. The quantitative estimate of drug-likeness (QED) is 0.858. The van der Waals surface area contributed by atoms with Crippen LogP contribution in [0.5, 0.6) is 0 Å². The van der Waals surface area contributed by atoms with Crippen molar-refractivity contribution in [2.75, 3.05) is 6.54 Å². The van der Waals surface area contributed by atoms with E-state index in [-0.39, 0.29) is 11.9 Å². The van der Waals surface area contributed by atoms with Crippen LogP contribution in [0.15, 0.2) is 30.3 Å². The molecule has 0 bridgehead atoms. The Labute approximate surface area is 109 Å². The van der Waals surface area contributed by atoms with Crippen LogP contribution in [0.3, 0.4) is 0 Å². The molecule has 1 aromatic rings. The summed E-state index contributed by atoms with van der Waals surface area (Å²) in [5.41, 5.74) is 1.15. The van der Waals surface area contributed by atoms with Crippen molar-refractivity contribution in [1.29, 1.82) is 0 Å². The first kappa shape index (κ1) is 13.1. The maximum Gasteiger partial charge on any atom is 0.237 e. The van der Waals surface area contributed by atoms with E-state index in [4.69, 9.17) is 0 Å². The molecule has 3 nitrogen and oxygen atoms in total. The summed E-state index contributed by atoms with van der Waals surface area (Å²) in [5.74, 6) is 0.140. The summed E-state index contributed by atoms with van der Waals surface area (Å²) in [7, 11) is 0. The summed E-state index contributed by atoms with van der Waals surface area (Å²) in [6.45, 7) is 1.58. The summed E-state index contributed by atoms with van der Waals surface area (Å²) in [6, 6.07) is 10.0. The fourth-order valence-corrected chi connectivity index (χ4v) is 2.34. The number of rotatable bonds is 3. The minimum absolute atomic E-state index is 0.00554. The van der Waals surface area contributed by atoms with E-state index >= 15 is 0 Å². The van der Waals surface area contributed by atoms with Crippen molar-refractivity contribution in [3.05, 3.63) is 35.9 Å². The Kier molecular flexibility index (Phi) is 5.21. The molecule has 0 aromatic heterocycles. The topological polar surface area (TPSA) is 41.1 Å². The smallest absolute Gasteiger partial charge is 0.237 e. The van der Waals surface area contributed by atoms with E-state index < -0.39 is 0 Å². The van der Waals surface area contributed by atoms with Crippen LogP contribution in [0, 0.1) is 0 Å². The standard InChI is InChI=1S/C15H22N2O/c18-15(14-10-6-1-2-7-11-16-14)17-12-13-8-4-3-5-9-13/h3-5,8-9,14,16H,1-2,6-7,10-12H2,(H,17,18). The van der Waals surface area contributed by atoms with E-state index in [0.717, 1.165) is 24.9 Å². The molecule has 1 unspecified atom stereocenters. The number of carbonyl (C=O) groups excluding carboxylic acids is 1. The normalized spacial score (nSPS) is 20.8. The third-order valence-electron chi connectivity index (χ3n) is 3.44. The maximum absolute atomic E-state index is 12.1. The Morgan fingerprint density at radius 2 is 1.94 bits per heavy atom. The van der Waals surface area contributed by atoms with Crippen LogP contribution >= 0.6 is 0 Å². The van der Waals surface area contributed by atoms with Gasteiger partial charge in [-0.05, 0) is 24.9 Å². The van der Waals surface area contributed by atoms with Gasteiger partial charge in [-0.1, -0.05) is 49.6 Å². The minimum atomic E-state index is -0.00554. The molecular weight excluding hydrogens is 224 g/mol. The van der Waals surface area contributed by atoms with Crippen LogP contribution in [-0.4, -0.2) is 18.5 Å². The van der Waals surface area contributed by atoms with Crippen molar-refractivity contribution >= 4 is 5.91 Å². The molecule has 0 radical (unpaired) electrons. The maximum atomic E-state index is 12.1. The molecule has 18 heavy (non-hydrogen) atoms. The first-order chi connectivity index (χ1) is 8.86. The Hall–Kier alpha value is -1.35. The lowest BCUT2D eigenvalue weighted by Crippen LogP contribution is -2.44. The van der Waals surface area contributed by atoms with Gasteiger partial charge in [-0.25, -0.2) is 0 Å². The molecule has 98 valence electrons. The molecule has 1 aromatic carbocycles. The summed E-state index contributed by atoms with van der Waals surface area (Å²) < 4.78 is 0. The zero-order chi connectivity index (χ0) is 12.6. The number of nitrogens with one attached hydrogen (secondary N) is 2. The van der Waals surface area contributed by atoms with Crippen molar-refractivity contribution < 1.29 is 4.79 Å². The second-order valence-corrected chi connectivity index (χ2v) is 4.91. The molecule has 1 fully saturated rings. The van der Waals surface area contributed by atoms with E-state index in [9.17, 15) is 4.79 Å². The predicted molar refractivity (Wildman–Crippen MR) is 73.2 cm³/mol. The zero-order valence-electron chi connectivity index (χ0n) is 10.8. The first-order valence-electron chi connectivity index (χ1n) is 6.91. The number of benzene rings is 1. The number of hydrogen-bond acceptors (Lipinski definition) is 2. The molecular formula is C15H22N2O. The van der Waals surface area contributed by atoms with Gasteiger partial charge in [0.15, 0.2) is 0 Å². The zero-order valence-corrected chi connectivity index (χ0v) is 10.8. The van der Waals surface area contributed by atoms with Crippen molar-refractivity contribution in [3.63, 3.8) is 0 Å². The summed E-state index contributed by atoms with van der Waals surface area (Å²) in [5, 5.41) is 6.36. The predicted octanol–water partition coefficient (Wildman–Crippen LogP) is 2.23. The Morgan fingerprint density at radius 1 is 1.17 bits per heavy atom. The largest absolute Gasteiger partial charge is 0.351 e. The molecule has 1 heterocycles. The number of carbonyl (C=O) groups is 1. The van der Waals surface area contributed by atoms with Crippen LogP contribution in [-0.2, 0) is 11.3 Å². The van der Waals surface area contributed by atoms with Gasteiger partial charge in [-0.15, -0.1) is 0 Å². The highest BCUT2D eigenvalue weighted by Gasteiger charge is 2.18. The molecule has 2 rings (SSSR count). The van der Waals surface area contributed by atoms with Gasteiger partial charge in [0.1, 0.15) is 0 Å². The van der Waals surface area contributed by atoms with Crippen LogP contribution in [0.4, 0.5) is 0 Å². The molecule has 0 spiro atoms. The van der Waals surface area contributed by atoms with Crippen LogP contribution in [0.1, 0.15) is 37.7 Å². The molecule has 2 N–H and O–H groups in total. The third-order valence-corrected chi connectivity index (χ3v) is 3.44. The lowest BCUT2D eigenvalue weighted by molar-refractivity contribution is -0.123. The fourth-order valence-electron chi connectivity index (χ4n) is 2.34. The van der Waals surface area contributed by atoms with Crippen LogP contribution in [0.2, 0.25) is 0 Å². The van der Waals surface area contributed by atoms with Crippen molar-refractivity contribution in [3.8, 4) is 0 Å². The molecule has 0 aliphatic carbocycles. The Balaban J connectivity index is 1.79. The average Bonchev–Trinajstić information content (AvgIpc) is 2.37. The highest BCUT2D eigenvalue weighted by atomic mass is 16.2. The monoisotopic (exact) mass is 246 g/mol. The average molecular weight is 246 g/mol. The van der Waals surface area contributed by atoms with Crippen molar-refractivity contribution in [2.45, 2.75) is 44.7 Å². The van der Waals surface area contributed by atoms with Crippen LogP contribution < -0.4 is 10.6 Å². The number of hydrogen-bond donors (Lipinski definition) is 2. The second kappa shape index (κ2) is 7.17. The molecule has 1 saturated heterocycles. The minimum Gasteiger partial charge on any atom is -0.351 e. The van der Waals surface area contributed by atoms with Gasteiger partial charge in [-0.2, -0.15) is 0 Å². The first-order valence-corrected chi connectivity index (χ1v) is 6.91. The molecule has 1 amide bonds. The van der Waals surface area contributed by atoms with E-state index in [1.165, 1.54) is 19.3 Å². The highest BCUT2D eigenvalue weighted by molar-refractivity contribution is 5.81. The van der Waals surface area contributed by atoms with E-state index in [0.29, 0.717) is 6.54 Å². The second-order valence-electron chi connectivity index (χ2n) is 4.91. The summed E-state index contributed by atoms with van der Waals surface area (Å²) in [4.78, 5) is 12.1. The van der Waals surface area contributed by atoms with Gasteiger partial charge in [0.05, 0.1) is 6.04 Å². The van der Waals surface area contributed by atoms with Crippen molar-refractivity contribution in [2.24, 2.45) is 0 Å². The molecule has 1 aliphatic rings. The van der Waals surface area contributed by atoms with Gasteiger partial charge < -0.3 is 10.6 Å². The van der Waals surface area contributed by atoms with E-state index in [1.807, 2.05) is 30.3 Å². The summed E-state index contributed by atoms with van der Waals surface area (Å²) in [6.07, 6.45) is 5.83. The van der Waals surface area contributed by atoms with E-state index in [1.54, 1.807) is 0 Å². The Bertz CT molecular complexity index is 356. The van der Waals surface area contributed by atoms with Gasteiger partial charge in [0, 0.05) is 6.54 Å². The molecule has 1 atom stereocenters.